The number of hydrogen-bond donors (Lipinski definition) is 1. The van der Waals surface area contributed by atoms with Crippen LogP contribution in [0.3, 0.4) is 0 Å². The molecule has 1 saturated heterocycles. The third-order valence-corrected chi connectivity index (χ3v) is 8.19. The van der Waals surface area contributed by atoms with Crippen LogP contribution in [0.15, 0.2) is 50.5 Å². The largest absolute Gasteiger partial charge is 0.299 e. The molecule has 0 spiro atoms. The Hall–Kier alpha value is -0.730. The molecule has 1 N–H and O–H groups in total. The smallest absolute Gasteiger partial charge is 0.250 e. The van der Waals surface area contributed by atoms with E-state index in [0.29, 0.717) is 16.7 Å². The van der Waals surface area contributed by atoms with Gasteiger partial charge < -0.3 is 0 Å². The van der Waals surface area contributed by atoms with Gasteiger partial charge in [0.2, 0.25) is 10.0 Å². The van der Waals surface area contributed by atoms with Gasteiger partial charge in [-0.25, -0.2) is 13.1 Å². The first-order chi connectivity index (χ1) is 12.0. The standard InChI is InChI=1S/C18H23BrN2O2S2/c19-17-6-7-18(24-17)25(22,23)20-11-8-15-9-12-21(13-10-15)14-16-4-2-1-3-5-16/h1-7,15,20H,8-14H2. The zero-order valence-corrected chi connectivity index (χ0v) is 17.2. The van der Waals surface area contributed by atoms with Crippen molar-refractivity contribution in [2.75, 3.05) is 19.6 Å². The van der Waals surface area contributed by atoms with Crippen LogP contribution in [0.25, 0.3) is 0 Å². The molecule has 0 radical (unpaired) electrons. The van der Waals surface area contributed by atoms with Crippen molar-refractivity contribution in [3.8, 4) is 0 Å². The maximum absolute atomic E-state index is 12.2. The Bertz CT molecular complexity index is 769. The van der Waals surface area contributed by atoms with E-state index >= 15 is 0 Å². The minimum Gasteiger partial charge on any atom is -0.299 e. The third kappa shape index (κ3) is 5.62. The fourth-order valence-electron chi connectivity index (χ4n) is 3.19. The minimum absolute atomic E-state index is 0.372. The van der Waals surface area contributed by atoms with E-state index in [4.69, 9.17) is 0 Å². The van der Waals surface area contributed by atoms with Gasteiger partial charge in [0.05, 0.1) is 3.79 Å². The summed E-state index contributed by atoms with van der Waals surface area (Å²) in [6.45, 7) is 3.70. The maximum atomic E-state index is 12.2. The highest BCUT2D eigenvalue weighted by Gasteiger charge is 2.21. The third-order valence-electron chi connectivity index (χ3n) is 4.61. The van der Waals surface area contributed by atoms with E-state index in [0.717, 1.165) is 42.7 Å². The van der Waals surface area contributed by atoms with Crippen LogP contribution in [0.1, 0.15) is 24.8 Å². The molecule has 2 aromatic rings. The van der Waals surface area contributed by atoms with E-state index in [9.17, 15) is 8.42 Å². The average Bonchev–Trinajstić information content (AvgIpc) is 3.05. The Morgan fingerprint density at radius 1 is 1.12 bits per heavy atom. The van der Waals surface area contributed by atoms with Gasteiger partial charge >= 0.3 is 0 Å². The number of sulfonamides is 1. The van der Waals surface area contributed by atoms with Crippen LogP contribution in [0.2, 0.25) is 0 Å². The quantitative estimate of drug-likeness (QED) is 0.701. The molecule has 25 heavy (non-hydrogen) atoms. The molecule has 0 amide bonds. The molecule has 1 aliphatic heterocycles. The lowest BCUT2D eigenvalue weighted by molar-refractivity contribution is 0.173. The van der Waals surface area contributed by atoms with Crippen LogP contribution in [-0.2, 0) is 16.6 Å². The normalized spacial score (nSPS) is 17.0. The lowest BCUT2D eigenvalue weighted by Gasteiger charge is -2.32. The van der Waals surface area contributed by atoms with Crippen molar-refractivity contribution in [1.29, 1.82) is 0 Å². The summed E-state index contributed by atoms with van der Waals surface area (Å²) in [7, 11) is -3.36. The van der Waals surface area contributed by atoms with E-state index < -0.39 is 10.0 Å². The molecule has 3 rings (SSSR count). The van der Waals surface area contributed by atoms with E-state index in [1.165, 1.54) is 16.9 Å². The molecule has 0 saturated carbocycles. The SMILES string of the molecule is O=S(=O)(NCCC1CCN(Cc2ccccc2)CC1)c1ccc(Br)s1. The van der Waals surface area contributed by atoms with Gasteiger partial charge in [-0.1, -0.05) is 30.3 Å². The summed E-state index contributed by atoms with van der Waals surface area (Å²) in [4.78, 5) is 2.49. The van der Waals surface area contributed by atoms with Crippen molar-refractivity contribution in [2.24, 2.45) is 5.92 Å². The van der Waals surface area contributed by atoms with Gasteiger partial charge in [0.1, 0.15) is 4.21 Å². The lowest BCUT2D eigenvalue weighted by atomic mass is 9.93. The Labute approximate surface area is 162 Å². The van der Waals surface area contributed by atoms with Gasteiger partial charge in [0, 0.05) is 13.1 Å². The fraction of sp³-hybridized carbons (Fsp3) is 0.444. The van der Waals surface area contributed by atoms with E-state index in [1.54, 1.807) is 12.1 Å². The summed E-state index contributed by atoms with van der Waals surface area (Å²) in [5.41, 5.74) is 1.36. The van der Waals surface area contributed by atoms with Crippen molar-refractivity contribution < 1.29 is 8.42 Å². The molecule has 0 bridgehead atoms. The number of thiophene rings is 1. The van der Waals surface area contributed by atoms with Gasteiger partial charge in [-0.15, -0.1) is 11.3 Å². The molecule has 1 aromatic carbocycles. The number of halogens is 1. The number of nitrogens with one attached hydrogen (secondary N) is 1. The molecular formula is C18H23BrN2O2S2. The van der Waals surface area contributed by atoms with Crippen molar-refractivity contribution in [3.63, 3.8) is 0 Å². The maximum Gasteiger partial charge on any atom is 0.250 e. The van der Waals surface area contributed by atoms with Gasteiger partial charge in [0.15, 0.2) is 0 Å². The van der Waals surface area contributed by atoms with Crippen LogP contribution in [0.4, 0.5) is 0 Å². The van der Waals surface area contributed by atoms with Gasteiger partial charge in [0.25, 0.3) is 0 Å². The first-order valence-corrected chi connectivity index (χ1v) is 11.6. The second-order valence-corrected chi connectivity index (χ2v) is 10.9. The number of rotatable bonds is 7. The molecule has 0 atom stereocenters. The highest BCUT2D eigenvalue weighted by molar-refractivity contribution is 9.11. The van der Waals surface area contributed by atoms with Crippen LogP contribution in [-0.4, -0.2) is 33.0 Å². The van der Waals surface area contributed by atoms with E-state index in [-0.39, 0.29) is 0 Å². The zero-order chi connectivity index (χ0) is 17.7. The summed E-state index contributed by atoms with van der Waals surface area (Å²) in [6.07, 6.45) is 3.18. The molecule has 0 unspecified atom stereocenters. The Morgan fingerprint density at radius 3 is 2.48 bits per heavy atom. The molecule has 4 nitrogen and oxygen atoms in total. The van der Waals surface area contributed by atoms with Crippen molar-refractivity contribution in [3.05, 3.63) is 51.8 Å². The average molecular weight is 443 g/mol. The van der Waals surface area contributed by atoms with Gasteiger partial charge in [-0.05, 0) is 71.9 Å². The summed E-state index contributed by atoms with van der Waals surface area (Å²) < 4.78 is 28.4. The van der Waals surface area contributed by atoms with E-state index in [2.05, 4.69) is 49.8 Å². The predicted molar refractivity (Wildman–Crippen MR) is 106 cm³/mol. The minimum atomic E-state index is -3.36. The molecule has 136 valence electrons. The van der Waals surface area contributed by atoms with Crippen molar-refractivity contribution in [1.82, 2.24) is 9.62 Å². The Kier molecular flexibility index (Phi) is 6.68. The zero-order valence-electron chi connectivity index (χ0n) is 14.0. The summed E-state index contributed by atoms with van der Waals surface area (Å²) in [5, 5.41) is 0. The van der Waals surface area contributed by atoms with Crippen LogP contribution in [0, 0.1) is 5.92 Å². The molecule has 0 aliphatic carbocycles. The van der Waals surface area contributed by atoms with Crippen LogP contribution >= 0.6 is 27.3 Å². The van der Waals surface area contributed by atoms with Crippen LogP contribution < -0.4 is 4.72 Å². The van der Waals surface area contributed by atoms with Crippen molar-refractivity contribution >= 4 is 37.3 Å². The first-order valence-electron chi connectivity index (χ1n) is 8.54. The number of hydrogen-bond acceptors (Lipinski definition) is 4. The molecule has 1 fully saturated rings. The molecular weight excluding hydrogens is 420 g/mol. The fourth-order valence-corrected chi connectivity index (χ4v) is 6.29. The summed E-state index contributed by atoms with van der Waals surface area (Å²) in [5.74, 6) is 0.602. The Morgan fingerprint density at radius 2 is 1.84 bits per heavy atom. The number of nitrogens with zero attached hydrogens (tertiary/aromatic N) is 1. The highest BCUT2D eigenvalue weighted by Crippen LogP contribution is 2.26. The second kappa shape index (κ2) is 8.77. The van der Waals surface area contributed by atoms with Crippen molar-refractivity contribution in [2.45, 2.75) is 30.0 Å². The monoisotopic (exact) mass is 442 g/mol. The summed E-state index contributed by atoms with van der Waals surface area (Å²) in [6, 6.07) is 14.0. The van der Waals surface area contributed by atoms with Gasteiger partial charge in [-0.2, -0.15) is 0 Å². The lowest BCUT2D eigenvalue weighted by Crippen LogP contribution is -2.34. The first kappa shape index (κ1) is 19.0. The number of likely N-dealkylation sites (tertiary alicyclic amines) is 1. The molecule has 1 aliphatic rings. The number of piperidine rings is 1. The predicted octanol–water partition coefficient (Wildman–Crippen LogP) is 4.09. The topological polar surface area (TPSA) is 49.4 Å². The van der Waals surface area contributed by atoms with Crippen LogP contribution in [0.5, 0.6) is 0 Å². The molecule has 2 heterocycles. The van der Waals surface area contributed by atoms with E-state index in [1.807, 2.05) is 6.07 Å². The highest BCUT2D eigenvalue weighted by atomic mass is 79.9. The summed E-state index contributed by atoms with van der Waals surface area (Å²) >= 11 is 4.55. The second-order valence-electron chi connectivity index (χ2n) is 6.45. The van der Waals surface area contributed by atoms with Gasteiger partial charge in [-0.3, -0.25) is 4.90 Å². The Balaban J connectivity index is 1.39. The molecule has 1 aromatic heterocycles. The molecule has 7 heteroatoms. The number of benzene rings is 1.